The lowest BCUT2D eigenvalue weighted by molar-refractivity contribution is -0.141. The molecule has 2 amide bonds. The number of amides is 2. The van der Waals surface area contributed by atoms with Crippen LogP contribution < -0.4 is 15.1 Å². The van der Waals surface area contributed by atoms with Crippen LogP contribution in [0.3, 0.4) is 0 Å². The summed E-state index contributed by atoms with van der Waals surface area (Å²) in [5.74, 6) is 0.387. The van der Waals surface area contributed by atoms with Gasteiger partial charge in [-0.25, -0.2) is 4.98 Å². The molecule has 1 N–H and O–H groups in total. The van der Waals surface area contributed by atoms with E-state index >= 15 is 0 Å². The number of nitrogens with zero attached hydrogens (tertiary/aromatic N) is 4. The molecule has 2 aliphatic heterocycles. The van der Waals surface area contributed by atoms with Crippen LogP contribution in [0.1, 0.15) is 95.7 Å². The first-order chi connectivity index (χ1) is 22.4. The summed E-state index contributed by atoms with van der Waals surface area (Å²) in [6, 6.07) is 12.5. The van der Waals surface area contributed by atoms with E-state index in [1.165, 1.54) is 24.4 Å². The van der Waals surface area contributed by atoms with Crippen molar-refractivity contribution >= 4 is 34.8 Å². The Hall–Kier alpha value is -4.34. The molecule has 3 heterocycles. The Labute approximate surface area is 271 Å². The highest BCUT2D eigenvalue weighted by atomic mass is 16.5. The fraction of sp³-hybridized carbons (Fsp3) is 0.500. The molecular formula is C36H45N5O5. The van der Waals surface area contributed by atoms with Crippen LogP contribution >= 0.6 is 0 Å². The maximum atomic E-state index is 13.7. The predicted molar refractivity (Wildman–Crippen MR) is 178 cm³/mol. The highest BCUT2D eigenvalue weighted by Crippen LogP contribution is 2.39. The van der Waals surface area contributed by atoms with E-state index in [2.05, 4.69) is 57.4 Å². The van der Waals surface area contributed by atoms with Gasteiger partial charge in [-0.2, -0.15) is 0 Å². The van der Waals surface area contributed by atoms with Crippen molar-refractivity contribution in [3.05, 3.63) is 70.9 Å². The highest BCUT2D eigenvalue weighted by Gasteiger charge is 2.31. The molecule has 0 atom stereocenters. The third-order valence-electron chi connectivity index (χ3n) is 9.27. The summed E-state index contributed by atoms with van der Waals surface area (Å²) in [5, 5.41) is 3.10. The molecule has 0 unspecified atom stereocenters. The van der Waals surface area contributed by atoms with Crippen molar-refractivity contribution in [1.82, 2.24) is 9.88 Å². The number of nitrogens with one attached hydrogen (secondary N) is 1. The molecule has 1 saturated heterocycles. The van der Waals surface area contributed by atoms with Gasteiger partial charge in [0.25, 0.3) is 11.8 Å². The first-order valence-electron chi connectivity index (χ1n) is 16.8. The van der Waals surface area contributed by atoms with Crippen LogP contribution in [0.25, 0.3) is 0 Å². The smallest absolute Gasteiger partial charge is 0.302 e. The third kappa shape index (κ3) is 7.54. The van der Waals surface area contributed by atoms with Gasteiger partial charge in [-0.1, -0.05) is 37.5 Å². The minimum atomic E-state index is -0.329. The van der Waals surface area contributed by atoms with Crippen LogP contribution in [-0.4, -0.2) is 73.5 Å². The lowest BCUT2D eigenvalue weighted by Gasteiger charge is -2.39. The Bertz CT molecular complexity index is 1560. The van der Waals surface area contributed by atoms with Crippen molar-refractivity contribution < 1.29 is 23.5 Å². The number of aryl methyl sites for hydroxylation is 1. The monoisotopic (exact) mass is 627 g/mol. The molecule has 1 saturated carbocycles. The summed E-state index contributed by atoms with van der Waals surface area (Å²) in [4.78, 5) is 49.2. The maximum Gasteiger partial charge on any atom is 0.302 e. The number of rotatable bonds is 13. The number of carbonyl (C=O) groups is 3. The highest BCUT2D eigenvalue weighted by molar-refractivity contribution is 6.06. The number of benzene rings is 2. The number of oxazole rings is 1. The number of aromatic nitrogens is 1. The maximum absolute atomic E-state index is 13.7. The zero-order valence-electron chi connectivity index (χ0n) is 27.1. The zero-order valence-corrected chi connectivity index (χ0v) is 27.1. The lowest BCUT2D eigenvalue weighted by Crippen LogP contribution is -2.47. The second kappa shape index (κ2) is 14.4. The first-order valence-corrected chi connectivity index (χ1v) is 16.8. The van der Waals surface area contributed by atoms with Crippen molar-refractivity contribution in [3.63, 3.8) is 0 Å². The van der Waals surface area contributed by atoms with E-state index < -0.39 is 0 Å². The second-order valence-electron chi connectivity index (χ2n) is 12.7. The summed E-state index contributed by atoms with van der Waals surface area (Å²) >= 11 is 0. The quantitative estimate of drug-likeness (QED) is 0.183. The van der Waals surface area contributed by atoms with E-state index in [1.54, 1.807) is 0 Å². The number of fused-ring (bicyclic) bond motifs is 1. The molecule has 1 aliphatic carbocycles. The lowest BCUT2D eigenvalue weighted by atomic mass is 9.96. The van der Waals surface area contributed by atoms with E-state index in [-0.39, 0.29) is 23.5 Å². The van der Waals surface area contributed by atoms with Crippen LogP contribution in [0, 0.1) is 6.92 Å². The van der Waals surface area contributed by atoms with Gasteiger partial charge in [0, 0.05) is 63.4 Å². The van der Waals surface area contributed by atoms with Crippen LogP contribution in [0.5, 0.6) is 0 Å². The van der Waals surface area contributed by atoms with E-state index in [9.17, 15) is 14.4 Å². The van der Waals surface area contributed by atoms with Crippen molar-refractivity contribution in [2.75, 3.05) is 61.0 Å². The van der Waals surface area contributed by atoms with Gasteiger partial charge in [0.2, 0.25) is 0 Å². The molecule has 244 valence electrons. The number of ether oxygens (including phenoxy) is 1. The average Bonchev–Trinajstić information content (AvgIpc) is 3.79. The van der Waals surface area contributed by atoms with Gasteiger partial charge in [-0.15, -0.1) is 0 Å². The minimum Gasteiger partial charge on any atom is -0.466 e. The van der Waals surface area contributed by atoms with Gasteiger partial charge < -0.3 is 29.2 Å². The molecule has 0 spiro atoms. The first kappa shape index (κ1) is 31.6. The molecule has 0 radical (unpaired) electrons. The molecule has 0 bridgehead atoms. The summed E-state index contributed by atoms with van der Waals surface area (Å²) < 4.78 is 10.6. The molecule has 1 aromatic heterocycles. The molecule has 3 aliphatic rings. The topological polar surface area (TPSA) is 108 Å². The Morgan fingerprint density at radius 2 is 1.67 bits per heavy atom. The fourth-order valence-corrected chi connectivity index (χ4v) is 6.49. The summed E-state index contributed by atoms with van der Waals surface area (Å²) in [5.41, 5.74) is 6.03. The summed E-state index contributed by atoms with van der Waals surface area (Å²) in [7, 11) is 0. The Morgan fingerprint density at radius 1 is 0.957 bits per heavy atom. The number of piperazine rings is 1. The SMILES string of the molecule is CC(=O)OCCCCCCCN1CCc2cc(N3CCN(c4ccccc4C)CC3)c(NC(=O)c3coc(C4CC4)n3)cc2C1=O. The van der Waals surface area contributed by atoms with Gasteiger partial charge >= 0.3 is 5.97 Å². The molecule has 46 heavy (non-hydrogen) atoms. The Morgan fingerprint density at radius 3 is 2.41 bits per heavy atom. The minimum absolute atomic E-state index is 0.0139. The number of unbranched alkanes of at least 4 members (excludes halogenated alkanes) is 4. The van der Waals surface area contributed by atoms with Crippen LogP contribution in [0.4, 0.5) is 17.1 Å². The molecule has 2 fully saturated rings. The largest absolute Gasteiger partial charge is 0.466 e. The zero-order chi connectivity index (χ0) is 32.0. The van der Waals surface area contributed by atoms with Crippen molar-refractivity contribution in [3.8, 4) is 0 Å². The van der Waals surface area contributed by atoms with Gasteiger partial charge in [-0.05, 0) is 68.4 Å². The van der Waals surface area contributed by atoms with E-state index in [1.807, 2.05) is 11.0 Å². The predicted octanol–water partition coefficient (Wildman–Crippen LogP) is 5.95. The van der Waals surface area contributed by atoms with Crippen molar-refractivity contribution in [2.24, 2.45) is 0 Å². The van der Waals surface area contributed by atoms with E-state index in [0.29, 0.717) is 42.8 Å². The van der Waals surface area contributed by atoms with Gasteiger partial charge in [0.05, 0.1) is 18.0 Å². The summed E-state index contributed by atoms with van der Waals surface area (Å²) in [6.45, 7) is 8.76. The van der Waals surface area contributed by atoms with Crippen LogP contribution in [0.15, 0.2) is 47.1 Å². The van der Waals surface area contributed by atoms with Crippen LogP contribution in [-0.2, 0) is 16.0 Å². The fourth-order valence-electron chi connectivity index (χ4n) is 6.49. The molecule has 10 heteroatoms. The van der Waals surface area contributed by atoms with Crippen molar-refractivity contribution in [2.45, 2.75) is 71.1 Å². The molecular weight excluding hydrogens is 582 g/mol. The number of esters is 1. The molecule has 10 nitrogen and oxygen atoms in total. The number of hydrogen-bond donors (Lipinski definition) is 1. The summed E-state index contributed by atoms with van der Waals surface area (Å²) in [6.07, 6.45) is 9.16. The molecule has 3 aromatic rings. The normalized spacial score (nSPS) is 16.4. The average molecular weight is 628 g/mol. The molecule has 6 rings (SSSR count). The Balaban J connectivity index is 1.15. The van der Waals surface area contributed by atoms with Gasteiger partial charge in [0.1, 0.15) is 6.26 Å². The van der Waals surface area contributed by atoms with Crippen LogP contribution in [0.2, 0.25) is 0 Å². The Kier molecular flexibility index (Phi) is 9.90. The van der Waals surface area contributed by atoms with E-state index in [0.717, 1.165) is 88.8 Å². The van der Waals surface area contributed by atoms with E-state index in [4.69, 9.17) is 9.15 Å². The third-order valence-corrected chi connectivity index (χ3v) is 9.27. The van der Waals surface area contributed by atoms with Crippen molar-refractivity contribution in [1.29, 1.82) is 0 Å². The molecule has 2 aromatic carbocycles. The number of para-hydroxylation sites is 1. The standard InChI is InChI=1S/C36H45N5O5/c1-25-10-6-7-11-32(25)39-17-19-40(20-18-39)33-22-28-14-16-41(15-8-4-3-5-9-21-45-26(2)42)36(44)29(28)23-30(33)37-34(43)31-24-46-35(38-31)27-12-13-27/h6-7,10-11,22-24,27H,3-5,8-9,12-21H2,1-2H3,(H,37,43). The second-order valence-corrected chi connectivity index (χ2v) is 12.7. The number of carbonyl (C=O) groups excluding carboxylic acids is 3. The van der Waals surface area contributed by atoms with Gasteiger partial charge in [-0.3, -0.25) is 14.4 Å². The van der Waals surface area contributed by atoms with Gasteiger partial charge in [0.15, 0.2) is 11.6 Å². The number of hydrogen-bond acceptors (Lipinski definition) is 8. The number of anilines is 3.